The van der Waals surface area contributed by atoms with Crippen molar-refractivity contribution in [1.82, 2.24) is 10.3 Å². The molecule has 0 aliphatic carbocycles. The van der Waals surface area contributed by atoms with E-state index in [2.05, 4.69) is 22.5 Å². The topological polar surface area (TPSA) is 63.2 Å². The van der Waals surface area contributed by atoms with E-state index in [0.29, 0.717) is 11.7 Å². The number of nitrogens with zero attached hydrogens (tertiary/aromatic N) is 1. The van der Waals surface area contributed by atoms with Gasteiger partial charge in [-0.2, -0.15) is 0 Å². The highest BCUT2D eigenvalue weighted by molar-refractivity contribution is 5.99. The van der Waals surface area contributed by atoms with Gasteiger partial charge in [-0.1, -0.05) is 6.92 Å². The summed E-state index contributed by atoms with van der Waals surface area (Å²) >= 11 is 0. The predicted octanol–water partition coefficient (Wildman–Crippen LogP) is 1.95. The summed E-state index contributed by atoms with van der Waals surface area (Å²) in [7, 11) is 0. The lowest BCUT2D eigenvalue weighted by atomic mass is 9.95. The molecule has 2 aliphatic heterocycles. The van der Waals surface area contributed by atoms with Gasteiger partial charge >= 0.3 is 0 Å². The minimum Gasteiger partial charge on any atom is -0.383 e. The highest BCUT2D eigenvalue weighted by Gasteiger charge is 2.41. The fraction of sp³-hybridized carbons (Fsp3) is 0.600. The van der Waals surface area contributed by atoms with E-state index in [9.17, 15) is 4.79 Å². The minimum absolute atomic E-state index is 0.0350. The molecule has 0 saturated carbocycles. The third-order valence-electron chi connectivity index (χ3n) is 4.05. The van der Waals surface area contributed by atoms with E-state index in [0.717, 1.165) is 37.9 Å². The Balaban J connectivity index is 1.67. The van der Waals surface area contributed by atoms with Crippen LogP contribution in [-0.2, 0) is 4.74 Å². The van der Waals surface area contributed by atoms with Gasteiger partial charge in [0.05, 0.1) is 35.7 Å². The fourth-order valence-corrected chi connectivity index (χ4v) is 3.03. The van der Waals surface area contributed by atoms with Crippen molar-refractivity contribution in [2.24, 2.45) is 0 Å². The van der Waals surface area contributed by atoms with Crippen LogP contribution >= 0.6 is 0 Å². The Morgan fingerprint density at radius 2 is 2.40 bits per heavy atom. The number of pyridine rings is 1. The van der Waals surface area contributed by atoms with Crippen LogP contribution in [-0.4, -0.2) is 35.7 Å². The smallest absolute Gasteiger partial charge is 0.253 e. The van der Waals surface area contributed by atoms with Gasteiger partial charge in [-0.05, 0) is 31.7 Å². The van der Waals surface area contributed by atoms with E-state index in [4.69, 9.17) is 4.74 Å². The standard InChI is InChI=1S/C15H21N3O2/c1-2-6-17-13-9-16-7-5-11(13)15(19)18-12-8-10-3-4-14(12)20-10/h5,7,9-10,12,14,17H,2-4,6,8H2,1H3,(H,18,19). The molecule has 2 bridgehead atoms. The SMILES string of the molecule is CCCNc1cnccc1C(=O)NC1CC2CCC1O2. The second-order valence-corrected chi connectivity index (χ2v) is 5.54. The molecule has 1 amide bonds. The Labute approximate surface area is 119 Å². The average Bonchev–Trinajstić information content (AvgIpc) is 3.08. The third-order valence-corrected chi connectivity index (χ3v) is 4.05. The normalized spacial score (nSPS) is 27.6. The zero-order chi connectivity index (χ0) is 13.9. The molecule has 3 atom stereocenters. The summed E-state index contributed by atoms with van der Waals surface area (Å²) in [5.74, 6) is -0.0350. The van der Waals surface area contributed by atoms with Gasteiger partial charge in [-0.3, -0.25) is 9.78 Å². The van der Waals surface area contributed by atoms with E-state index in [1.807, 2.05) is 0 Å². The quantitative estimate of drug-likeness (QED) is 0.862. The maximum absolute atomic E-state index is 12.4. The van der Waals surface area contributed by atoms with E-state index in [1.54, 1.807) is 18.5 Å². The molecule has 20 heavy (non-hydrogen) atoms. The van der Waals surface area contributed by atoms with Gasteiger partial charge in [-0.25, -0.2) is 0 Å². The van der Waals surface area contributed by atoms with Crippen molar-refractivity contribution < 1.29 is 9.53 Å². The molecule has 3 rings (SSSR count). The van der Waals surface area contributed by atoms with Crippen molar-refractivity contribution in [3.05, 3.63) is 24.0 Å². The van der Waals surface area contributed by atoms with Crippen LogP contribution in [0.5, 0.6) is 0 Å². The molecule has 3 heterocycles. The number of anilines is 1. The number of carbonyl (C=O) groups excluding carboxylic acids is 1. The summed E-state index contributed by atoms with van der Waals surface area (Å²) in [6.45, 7) is 2.93. The number of fused-ring (bicyclic) bond motifs is 2. The zero-order valence-corrected chi connectivity index (χ0v) is 11.8. The van der Waals surface area contributed by atoms with Crippen LogP contribution in [0.2, 0.25) is 0 Å². The number of hydrogen-bond donors (Lipinski definition) is 2. The van der Waals surface area contributed by atoms with Gasteiger partial charge in [0.25, 0.3) is 5.91 Å². The molecule has 2 fully saturated rings. The van der Waals surface area contributed by atoms with Crippen LogP contribution in [0.4, 0.5) is 5.69 Å². The first kappa shape index (κ1) is 13.4. The third kappa shape index (κ3) is 2.63. The van der Waals surface area contributed by atoms with Crippen molar-refractivity contribution in [2.75, 3.05) is 11.9 Å². The molecule has 1 aromatic heterocycles. The molecule has 0 radical (unpaired) electrons. The molecular formula is C15H21N3O2. The van der Waals surface area contributed by atoms with Gasteiger partial charge in [0.1, 0.15) is 0 Å². The number of aromatic nitrogens is 1. The average molecular weight is 275 g/mol. The van der Waals surface area contributed by atoms with Crippen LogP contribution in [0.25, 0.3) is 0 Å². The van der Waals surface area contributed by atoms with Gasteiger partial charge in [0.15, 0.2) is 0 Å². The molecule has 0 spiro atoms. The number of hydrogen-bond acceptors (Lipinski definition) is 4. The molecular weight excluding hydrogens is 254 g/mol. The second-order valence-electron chi connectivity index (χ2n) is 5.54. The van der Waals surface area contributed by atoms with Crippen molar-refractivity contribution in [1.29, 1.82) is 0 Å². The number of nitrogens with one attached hydrogen (secondary N) is 2. The molecule has 3 unspecified atom stereocenters. The van der Waals surface area contributed by atoms with Crippen molar-refractivity contribution in [2.45, 2.75) is 50.9 Å². The number of amides is 1. The lowest BCUT2D eigenvalue weighted by Gasteiger charge is -2.20. The van der Waals surface area contributed by atoms with Crippen LogP contribution < -0.4 is 10.6 Å². The van der Waals surface area contributed by atoms with Crippen molar-refractivity contribution >= 4 is 11.6 Å². The Kier molecular flexibility index (Phi) is 3.87. The summed E-state index contributed by atoms with van der Waals surface area (Å²) in [5, 5.41) is 6.36. The Morgan fingerprint density at radius 3 is 3.10 bits per heavy atom. The largest absolute Gasteiger partial charge is 0.383 e. The Bertz CT molecular complexity index is 492. The molecule has 2 aliphatic rings. The van der Waals surface area contributed by atoms with Crippen molar-refractivity contribution in [3.8, 4) is 0 Å². The predicted molar refractivity (Wildman–Crippen MR) is 76.8 cm³/mol. The van der Waals surface area contributed by atoms with E-state index >= 15 is 0 Å². The molecule has 2 saturated heterocycles. The van der Waals surface area contributed by atoms with Crippen LogP contribution in [0.15, 0.2) is 18.5 Å². The zero-order valence-electron chi connectivity index (χ0n) is 11.8. The molecule has 0 aromatic carbocycles. The van der Waals surface area contributed by atoms with Gasteiger partial charge in [0, 0.05) is 12.7 Å². The Morgan fingerprint density at radius 1 is 1.50 bits per heavy atom. The van der Waals surface area contributed by atoms with E-state index in [-0.39, 0.29) is 18.1 Å². The highest BCUT2D eigenvalue weighted by atomic mass is 16.5. The van der Waals surface area contributed by atoms with E-state index in [1.165, 1.54) is 0 Å². The summed E-state index contributed by atoms with van der Waals surface area (Å²) in [4.78, 5) is 16.5. The lowest BCUT2D eigenvalue weighted by Crippen LogP contribution is -2.41. The van der Waals surface area contributed by atoms with E-state index < -0.39 is 0 Å². The monoisotopic (exact) mass is 275 g/mol. The first-order chi connectivity index (χ1) is 9.78. The first-order valence-electron chi connectivity index (χ1n) is 7.42. The van der Waals surface area contributed by atoms with Gasteiger partial charge in [0.2, 0.25) is 0 Å². The number of carbonyl (C=O) groups is 1. The Hall–Kier alpha value is -1.62. The lowest BCUT2D eigenvalue weighted by molar-refractivity contribution is 0.0841. The summed E-state index contributed by atoms with van der Waals surface area (Å²) in [5.41, 5.74) is 1.46. The van der Waals surface area contributed by atoms with Crippen LogP contribution in [0.3, 0.4) is 0 Å². The molecule has 5 nitrogen and oxygen atoms in total. The summed E-state index contributed by atoms with van der Waals surface area (Å²) in [6, 6.07) is 1.93. The number of ether oxygens (including phenoxy) is 1. The fourth-order valence-electron chi connectivity index (χ4n) is 3.03. The molecule has 1 aromatic rings. The minimum atomic E-state index is -0.0350. The second kappa shape index (κ2) is 5.79. The van der Waals surface area contributed by atoms with Crippen molar-refractivity contribution in [3.63, 3.8) is 0 Å². The van der Waals surface area contributed by atoms with Crippen LogP contribution in [0.1, 0.15) is 43.0 Å². The number of rotatable bonds is 5. The molecule has 5 heteroatoms. The van der Waals surface area contributed by atoms with Gasteiger partial charge in [-0.15, -0.1) is 0 Å². The van der Waals surface area contributed by atoms with Crippen LogP contribution in [0, 0.1) is 0 Å². The molecule has 108 valence electrons. The van der Waals surface area contributed by atoms with Gasteiger partial charge < -0.3 is 15.4 Å². The summed E-state index contributed by atoms with van der Waals surface area (Å²) < 4.78 is 5.77. The summed E-state index contributed by atoms with van der Waals surface area (Å²) in [6.07, 6.45) is 8.07. The maximum atomic E-state index is 12.4. The molecule has 2 N–H and O–H groups in total. The first-order valence-corrected chi connectivity index (χ1v) is 7.42. The highest BCUT2D eigenvalue weighted by Crippen LogP contribution is 2.34. The maximum Gasteiger partial charge on any atom is 0.253 e.